The topological polar surface area (TPSA) is 139 Å². The quantitative estimate of drug-likeness (QED) is 0.298. The van der Waals surface area contributed by atoms with Gasteiger partial charge in [-0.25, -0.2) is 13.4 Å². The second-order valence-electron chi connectivity index (χ2n) is 9.97. The van der Waals surface area contributed by atoms with Crippen molar-refractivity contribution in [3.05, 3.63) is 36.0 Å². The molecule has 1 saturated carbocycles. The van der Waals surface area contributed by atoms with Gasteiger partial charge in [0.25, 0.3) is 0 Å². The Bertz CT molecular complexity index is 1360. The number of H-pyrrole nitrogens is 1. The van der Waals surface area contributed by atoms with Crippen molar-refractivity contribution in [2.75, 3.05) is 23.4 Å². The molecule has 4 rings (SSSR count). The first-order chi connectivity index (χ1) is 16.5. The van der Waals surface area contributed by atoms with Crippen LogP contribution in [-0.2, 0) is 9.84 Å². The molecule has 3 aromatic rings. The van der Waals surface area contributed by atoms with Gasteiger partial charge in [0.05, 0.1) is 10.4 Å². The molecule has 0 bridgehead atoms. The number of nitrogens with two attached hydrogens (primary N) is 1. The summed E-state index contributed by atoms with van der Waals surface area (Å²) in [6.07, 6.45) is 6.16. The number of hydrogen-bond acceptors (Lipinski definition) is 8. The average molecular weight is 498 g/mol. The van der Waals surface area contributed by atoms with E-state index in [0.717, 1.165) is 48.9 Å². The van der Waals surface area contributed by atoms with Crippen molar-refractivity contribution >= 4 is 43.9 Å². The van der Waals surface area contributed by atoms with E-state index in [1.807, 2.05) is 13.8 Å². The van der Waals surface area contributed by atoms with Gasteiger partial charge in [0, 0.05) is 40.9 Å². The number of allylic oxidation sites excluding steroid dienone is 1. The number of fused-ring (bicyclic) bond motifs is 1. The Morgan fingerprint density at radius 3 is 2.63 bits per heavy atom. The van der Waals surface area contributed by atoms with Gasteiger partial charge in [0.1, 0.15) is 5.82 Å². The van der Waals surface area contributed by atoms with Crippen LogP contribution in [0.1, 0.15) is 70.1 Å². The van der Waals surface area contributed by atoms with Gasteiger partial charge in [-0.3, -0.25) is 5.10 Å². The number of anilines is 3. The third-order valence-corrected chi connectivity index (χ3v) is 7.45. The molecule has 0 spiro atoms. The van der Waals surface area contributed by atoms with Crippen LogP contribution < -0.4 is 16.4 Å². The maximum Gasteiger partial charge on any atom is 0.225 e. The molecule has 0 radical (unpaired) electrons. The molecule has 5 N–H and O–H groups in total. The average Bonchev–Trinajstić information content (AvgIpc) is 3.52. The van der Waals surface area contributed by atoms with Crippen molar-refractivity contribution < 1.29 is 8.42 Å². The van der Waals surface area contributed by atoms with Crippen LogP contribution in [0.15, 0.2) is 29.7 Å². The second kappa shape index (κ2) is 9.58. The fraction of sp³-hybridized carbons (Fsp3) is 0.480. The molecular weight excluding hydrogens is 462 g/mol. The Labute approximate surface area is 206 Å². The molecule has 0 saturated heterocycles. The van der Waals surface area contributed by atoms with Crippen LogP contribution in [0.4, 0.5) is 17.6 Å². The molecule has 1 aliphatic rings. The smallest absolute Gasteiger partial charge is 0.225 e. The van der Waals surface area contributed by atoms with E-state index in [4.69, 9.17) is 10.7 Å². The summed E-state index contributed by atoms with van der Waals surface area (Å²) in [5.74, 6) is 2.00. The summed E-state index contributed by atoms with van der Waals surface area (Å²) >= 11 is 0. The summed E-state index contributed by atoms with van der Waals surface area (Å²) in [4.78, 5) is 9.53. The number of aromatic nitrogens is 4. The van der Waals surface area contributed by atoms with Gasteiger partial charge < -0.3 is 16.4 Å². The van der Waals surface area contributed by atoms with Gasteiger partial charge in [0.2, 0.25) is 5.95 Å². The molecule has 9 nitrogen and oxygen atoms in total. The maximum absolute atomic E-state index is 12.2. The summed E-state index contributed by atoms with van der Waals surface area (Å²) in [5, 5.41) is 14.9. The first kappa shape index (κ1) is 25.1. The Morgan fingerprint density at radius 2 is 2.00 bits per heavy atom. The van der Waals surface area contributed by atoms with E-state index in [0.29, 0.717) is 40.9 Å². The lowest BCUT2D eigenvalue weighted by atomic mass is 9.94. The fourth-order valence-corrected chi connectivity index (χ4v) is 4.97. The Hall–Kier alpha value is -2.98. The van der Waals surface area contributed by atoms with Gasteiger partial charge in [-0.15, -0.1) is 0 Å². The standard InChI is InChI=1S/C25H35N7O2S/c1-6-11-25(4,26)12-13-27-24-28-19-10-9-17(35(5,33)34)14-18(19)22(30-24)29-23-20(15(2)3)21(31-32-23)16-7-8-16/h9-10,14,16H,2,6-8,11-13,26H2,1,3-5H3,(H3,27,28,29,30,31,32). The molecule has 1 fully saturated rings. The number of sulfone groups is 1. The number of benzene rings is 1. The van der Waals surface area contributed by atoms with Crippen molar-refractivity contribution in [3.8, 4) is 0 Å². The third-order valence-electron chi connectivity index (χ3n) is 6.34. The predicted octanol–water partition coefficient (Wildman–Crippen LogP) is 4.73. The molecule has 1 unspecified atom stereocenters. The molecule has 35 heavy (non-hydrogen) atoms. The van der Waals surface area contributed by atoms with Crippen molar-refractivity contribution in [2.24, 2.45) is 5.73 Å². The lowest BCUT2D eigenvalue weighted by Gasteiger charge is -2.24. The molecule has 0 amide bonds. The summed E-state index contributed by atoms with van der Waals surface area (Å²) < 4.78 is 24.4. The zero-order valence-electron chi connectivity index (χ0n) is 20.9. The minimum Gasteiger partial charge on any atom is -0.354 e. The monoisotopic (exact) mass is 497 g/mol. The molecule has 1 aromatic carbocycles. The summed E-state index contributed by atoms with van der Waals surface area (Å²) in [6, 6.07) is 4.87. The number of aromatic amines is 1. The van der Waals surface area contributed by atoms with Gasteiger partial charge in [0.15, 0.2) is 15.7 Å². The minimum absolute atomic E-state index is 0.205. The highest BCUT2D eigenvalue weighted by atomic mass is 32.2. The molecule has 2 heterocycles. The van der Waals surface area contributed by atoms with Crippen molar-refractivity contribution in [2.45, 2.75) is 69.2 Å². The van der Waals surface area contributed by atoms with Crippen LogP contribution in [0.25, 0.3) is 16.5 Å². The van der Waals surface area contributed by atoms with Crippen LogP contribution in [0, 0.1) is 0 Å². The van der Waals surface area contributed by atoms with E-state index < -0.39 is 9.84 Å². The first-order valence-corrected chi connectivity index (χ1v) is 13.9. The van der Waals surface area contributed by atoms with Crippen LogP contribution >= 0.6 is 0 Å². The molecule has 1 aliphatic carbocycles. The highest BCUT2D eigenvalue weighted by Crippen LogP contribution is 2.44. The lowest BCUT2D eigenvalue weighted by Crippen LogP contribution is -2.37. The fourth-order valence-electron chi connectivity index (χ4n) is 4.33. The van der Waals surface area contributed by atoms with Gasteiger partial charge in [-0.2, -0.15) is 10.1 Å². The summed E-state index contributed by atoms with van der Waals surface area (Å²) in [7, 11) is -3.40. The SMILES string of the molecule is C=C(C)c1c(Nc2nc(NCCC(C)(N)CCC)nc3ccc(S(C)(=O)=O)cc23)n[nH]c1C1CC1. The van der Waals surface area contributed by atoms with Crippen LogP contribution in [0.5, 0.6) is 0 Å². The Balaban J connectivity index is 1.72. The minimum atomic E-state index is -3.40. The van der Waals surface area contributed by atoms with Crippen molar-refractivity contribution in [3.63, 3.8) is 0 Å². The van der Waals surface area contributed by atoms with Crippen molar-refractivity contribution in [1.29, 1.82) is 0 Å². The zero-order chi connectivity index (χ0) is 25.4. The number of nitrogens with one attached hydrogen (secondary N) is 3. The zero-order valence-corrected chi connectivity index (χ0v) is 21.7. The number of hydrogen-bond donors (Lipinski definition) is 4. The third kappa shape index (κ3) is 5.82. The van der Waals surface area contributed by atoms with E-state index in [9.17, 15) is 8.42 Å². The predicted molar refractivity (Wildman–Crippen MR) is 142 cm³/mol. The molecular formula is C25H35N7O2S. The molecule has 10 heteroatoms. The van der Waals surface area contributed by atoms with E-state index >= 15 is 0 Å². The van der Waals surface area contributed by atoms with Crippen molar-refractivity contribution in [1.82, 2.24) is 20.2 Å². The maximum atomic E-state index is 12.2. The van der Waals surface area contributed by atoms with E-state index in [-0.39, 0.29) is 10.4 Å². The lowest BCUT2D eigenvalue weighted by molar-refractivity contribution is 0.406. The second-order valence-corrected chi connectivity index (χ2v) is 12.0. The molecule has 188 valence electrons. The molecule has 2 aromatic heterocycles. The van der Waals surface area contributed by atoms with E-state index in [2.05, 4.69) is 39.3 Å². The van der Waals surface area contributed by atoms with E-state index in [1.54, 1.807) is 18.2 Å². The largest absolute Gasteiger partial charge is 0.354 e. The normalized spacial score (nSPS) is 15.7. The van der Waals surface area contributed by atoms with E-state index in [1.165, 1.54) is 6.26 Å². The molecule has 0 aliphatic heterocycles. The first-order valence-electron chi connectivity index (χ1n) is 12.0. The Kier molecular flexibility index (Phi) is 6.88. The highest BCUT2D eigenvalue weighted by molar-refractivity contribution is 7.90. The number of rotatable bonds is 11. The summed E-state index contributed by atoms with van der Waals surface area (Å²) in [6.45, 7) is 10.9. The van der Waals surface area contributed by atoms with Crippen LogP contribution in [-0.4, -0.2) is 46.9 Å². The van der Waals surface area contributed by atoms with Gasteiger partial charge in [-0.1, -0.05) is 19.9 Å². The number of nitrogens with zero attached hydrogens (tertiary/aromatic N) is 3. The van der Waals surface area contributed by atoms with Crippen LogP contribution in [0.2, 0.25) is 0 Å². The van der Waals surface area contributed by atoms with Crippen LogP contribution in [0.3, 0.4) is 0 Å². The Morgan fingerprint density at radius 1 is 1.26 bits per heavy atom. The summed E-state index contributed by atoms with van der Waals surface area (Å²) in [5.41, 5.74) is 9.65. The van der Waals surface area contributed by atoms with Gasteiger partial charge in [-0.05, 0) is 63.3 Å². The highest BCUT2D eigenvalue weighted by Gasteiger charge is 2.30. The van der Waals surface area contributed by atoms with Gasteiger partial charge >= 0.3 is 0 Å². The molecule has 1 atom stereocenters.